The van der Waals surface area contributed by atoms with E-state index in [1.54, 1.807) is 6.92 Å². The number of carbonyl (C=O) groups is 2. The Morgan fingerprint density at radius 1 is 0.930 bits per heavy atom. The van der Waals surface area contributed by atoms with E-state index in [1.807, 2.05) is 30.3 Å². The Kier molecular flexibility index (Phi) is 11.2. The molecule has 3 aliphatic rings. The number of benzene rings is 4. The number of hydrogen-bond acceptors (Lipinski definition) is 4. The van der Waals surface area contributed by atoms with Crippen molar-refractivity contribution in [1.82, 2.24) is 14.8 Å². The molecule has 1 saturated heterocycles. The Labute approximate surface area is 346 Å². The summed E-state index contributed by atoms with van der Waals surface area (Å²) in [5.74, 6) is 0.109. The Morgan fingerprint density at radius 3 is 2.40 bits per heavy atom. The number of fused-ring (bicyclic) bond motifs is 2. The van der Waals surface area contributed by atoms with Crippen LogP contribution in [-0.4, -0.2) is 52.3 Å². The topological polar surface area (TPSA) is 71.7 Å². The van der Waals surface area contributed by atoms with Crippen LogP contribution < -0.4 is 10.2 Å². The number of aromatic amines is 1. The number of allylic oxidation sites excluding steroid dienone is 2. The van der Waals surface area contributed by atoms with Gasteiger partial charge in [0.15, 0.2) is 0 Å². The van der Waals surface area contributed by atoms with Crippen molar-refractivity contribution in [1.29, 1.82) is 0 Å². The number of aromatic nitrogens is 1. The van der Waals surface area contributed by atoms with Crippen molar-refractivity contribution in [3.05, 3.63) is 141 Å². The number of nitrogens with zero attached hydrogens (tertiary/aromatic N) is 3. The van der Waals surface area contributed by atoms with Crippen LogP contribution in [0, 0.1) is 12.8 Å². The first kappa shape index (κ1) is 38.9. The first-order valence-corrected chi connectivity index (χ1v) is 21.2. The second-order valence-electron chi connectivity index (χ2n) is 15.9. The third kappa shape index (κ3) is 7.60. The van der Waals surface area contributed by atoms with E-state index in [2.05, 4.69) is 113 Å². The highest BCUT2D eigenvalue weighted by Crippen LogP contribution is 2.53. The van der Waals surface area contributed by atoms with Gasteiger partial charge in [-0.2, -0.15) is 0 Å². The van der Waals surface area contributed by atoms with Gasteiger partial charge < -0.3 is 25.0 Å². The van der Waals surface area contributed by atoms with Gasteiger partial charge in [0.2, 0.25) is 5.91 Å². The zero-order chi connectivity index (χ0) is 39.8. The summed E-state index contributed by atoms with van der Waals surface area (Å²) in [4.78, 5) is 38.1. The molecular weight excluding hydrogens is 749 g/mol. The third-order valence-electron chi connectivity index (χ3n) is 12.0. The predicted octanol–water partition coefficient (Wildman–Crippen LogP) is 11.9. The zero-order valence-corrected chi connectivity index (χ0v) is 34.8. The van der Waals surface area contributed by atoms with Crippen LogP contribution in [0.15, 0.2) is 97.2 Å². The van der Waals surface area contributed by atoms with E-state index in [9.17, 15) is 4.79 Å². The molecule has 2 N–H and O–H groups in total. The quantitative estimate of drug-likeness (QED) is 0.138. The number of aryl methyl sites for hydroxylation is 1. The molecule has 294 valence electrons. The van der Waals surface area contributed by atoms with E-state index in [-0.39, 0.29) is 29.8 Å². The van der Waals surface area contributed by atoms with Gasteiger partial charge in [-0.05, 0) is 103 Å². The minimum atomic E-state index is -0.214. The predicted molar refractivity (Wildman–Crippen MR) is 236 cm³/mol. The lowest BCUT2D eigenvalue weighted by atomic mass is 9.82. The monoisotopic (exact) mass is 799 g/mol. The van der Waals surface area contributed by atoms with Gasteiger partial charge in [-0.15, -0.1) is 0 Å². The molecule has 57 heavy (non-hydrogen) atoms. The number of anilines is 2. The van der Waals surface area contributed by atoms with Crippen LogP contribution in [0.2, 0.25) is 10.0 Å². The van der Waals surface area contributed by atoms with E-state index in [0.717, 1.165) is 114 Å². The number of hydrogen-bond donors (Lipinski definition) is 2. The standard InChI is InChI=1S/C48H51Cl2N5O2/c1-5-6-10-23-54(32(4)56)37-21-25-53(26-22-37)41-20-15-30(2)27-39(41)52-48(57)45-44-43-38(28-36(50)29-40(43)51-45)46(34-16-18-35(49)19-17-34)55-24-11-12-31(3)42(47(44)55)33-13-8-7-9-14-33/h7-9,11,13-20,24,27-29,31,37,46,51H,5-6,10,12,21-23,25-26H2,1-4H3,(H,52,57). The molecule has 8 rings (SSSR count). The molecule has 7 nitrogen and oxygen atoms in total. The van der Waals surface area contributed by atoms with Gasteiger partial charge >= 0.3 is 0 Å². The maximum atomic E-state index is 15.0. The Balaban J connectivity index is 1.22. The second-order valence-corrected chi connectivity index (χ2v) is 16.8. The first-order valence-electron chi connectivity index (χ1n) is 20.4. The third-order valence-corrected chi connectivity index (χ3v) is 12.5. The molecule has 3 aliphatic heterocycles. The molecule has 1 aromatic heterocycles. The molecule has 4 aromatic carbocycles. The van der Waals surface area contributed by atoms with E-state index in [1.165, 1.54) is 5.57 Å². The van der Waals surface area contributed by atoms with Crippen LogP contribution in [0.4, 0.5) is 11.4 Å². The molecular formula is C48H51Cl2N5O2. The van der Waals surface area contributed by atoms with Crippen molar-refractivity contribution in [2.75, 3.05) is 29.9 Å². The average Bonchev–Trinajstić information content (AvgIpc) is 3.49. The molecule has 4 heterocycles. The van der Waals surface area contributed by atoms with Crippen LogP contribution in [0.5, 0.6) is 0 Å². The van der Waals surface area contributed by atoms with Gasteiger partial charge in [0.25, 0.3) is 5.91 Å². The molecule has 0 spiro atoms. The minimum absolute atomic E-state index is 0.154. The van der Waals surface area contributed by atoms with E-state index in [4.69, 9.17) is 23.2 Å². The van der Waals surface area contributed by atoms with Gasteiger partial charge in [0.1, 0.15) is 5.69 Å². The van der Waals surface area contributed by atoms with Crippen molar-refractivity contribution in [2.24, 2.45) is 5.92 Å². The number of rotatable bonds is 10. The molecule has 0 bridgehead atoms. The fourth-order valence-corrected chi connectivity index (χ4v) is 9.66. The summed E-state index contributed by atoms with van der Waals surface area (Å²) >= 11 is 13.3. The Hall–Kier alpha value is -4.98. The van der Waals surface area contributed by atoms with Gasteiger partial charge in [-0.3, -0.25) is 9.59 Å². The van der Waals surface area contributed by atoms with Gasteiger partial charge in [0.05, 0.1) is 23.1 Å². The fraction of sp³-hybridized carbons (Fsp3) is 0.333. The van der Waals surface area contributed by atoms with Crippen molar-refractivity contribution >= 4 is 68.6 Å². The van der Waals surface area contributed by atoms with Crippen molar-refractivity contribution in [2.45, 2.75) is 78.3 Å². The van der Waals surface area contributed by atoms with E-state index in [0.29, 0.717) is 15.7 Å². The number of halogens is 2. The molecule has 0 aliphatic carbocycles. The maximum absolute atomic E-state index is 15.0. The highest BCUT2D eigenvalue weighted by molar-refractivity contribution is 6.32. The molecule has 0 saturated carbocycles. The summed E-state index contributed by atoms with van der Waals surface area (Å²) in [6.07, 6.45) is 10.3. The number of H-pyrrole nitrogens is 1. The molecule has 0 radical (unpaired) electrons. The van der Waals surface area contributed by atoms with Gasteiger partial charge in [-0.25, -0.2) is 0 Å². The molecule has 2 amide bonds. The van der Waals surface area contributed by atoms with Crippen molar-refractivity contribution in [3.63, 3.8) is 0 Å². The van der Waals surface area contributed by atoms with Gasteiger partial charge in [-0.1, -0.05) is 104 Å². The lowest BCUT2D eigenvalue weighted by Crippen LogP contribution is -2.47. The van der Waals surface area contributed by atoms with Crippen LogP contribution in [0.25, 0.3) is 22.2 Å². The van der Waals surface area contributed by atoms with Crippen molar-refractivity contribution in [3.8, 4) is 0 Å². The van der Waals surface area contributed by atoms with Crippen LogP contribution >= 0.6 is 23.2 Å². The fourth-order valence-electron chi connectivity index (χ4n) is 9.31. The molecule has 1 fully saturated rings. The Morgan fingerprint density at radius 2 is 1.68 bits per heavy atom. The van der Waals surface area contributed by atoms with E-state index >= 15 is 4.79 Å². The number of piperidine rings is 1. The molecule has 9 heteroatoms. The molecule has 5 aromatic rings. The average molecular weight is 801 g/mol. The molecule has 2 unspecified atom stereocenters. The Bertz CT molecular complexity index is 2360. The largest absolute Gasteiger partial charge is 0.370 e. The summed E-state index contributed by atoms with van der Waals surface area (Å²) in [6, 6.07) is 28.9. The van der Waals surface area contributed by atoms with Gasteiger partial charge in [0, 0.05) is 65.3 Å². The highest BCUT2D eigenvalue weighted by atomic mass is 35.5. The summed E-state index contributed by atoms with van der Waals surface area (Å²) < 4.78 is 0. The number of carbonyl (C=O) groups excluding carboxylic acids is 2. The summed E-state index contributed by atoms with van der Waals surface area (Å²) in [6.45, 7) is 10.6. The van der Waals surface area contributed by atoms with E-state index < -0.39 is 0 Å². The van der Waals surface area contributed by atoms with Crippen LogP contribution in [0.1, 0.15) is 104 Å². The zero-order valence-electron chi connectivity index (χ0n) is 33.2. The number of unbranched alkanes of at least 4 members (excludes halogenated alkanes) is 2. The summed E-state index contributed by atoms with van der Waals surface area (Å²) in [5.41, 5.74) is 10.4. The molecule has 2 atom stereocenters. The van der Waals surface area contributed by atoms with Crippen LogP contribution in [-0.2, 0) is 4.79 Å². The highest BCUT2D eigenvalue weighted by Gasteiger charge is 2.40. The number of nitrogens with one attached hydrogen (secondary N) is 2. The maximum Gasteiger partial charge on any atom is 0.272 e. The summed E-state index contributed by atoms with van der Waals surface area (Å²) in [7, 11) is 0. The SMILES string of the molecule is CCCCCN(C(C)=O)C1CCN(c2ccc(C)cc2NC(=O)c2[nH]c3cc(Cl)cc4c3c2C2=C(c3ccccc3)C(C)CC=CN2C4c2ccc(Cl)cc2)CC1. The minimum Gasteiger partial charge on any atom is -0.370 e. The smallest absolute Gasteiger partial charge is 0.272 e. The lowest BCUT2D eigenvalue weighted by molar-refractivity contribution is -0.131. The normalized spacial score (nSPS) is 18.1. The number of amides is 2. The lowest BCUT2D eigenvalue weighted by Gasteiger charge is -2.40. The van der Waals surface area contributed by atoms with Crippen LogP contribution in [0.3, 0.4) is 0 Å². The first-order chi connectivity index (χ1) is 27.6. The second kappa shape index (κ2) is 16.5. The summed E-state index contributed by atoms with van der Waals surface area (Å²) in [5, 5.41) is 5.65. The van der Waals surface area contributed by atoms with Crippen molar-refractivity contribution < 1.29 is 9.59 Å².